The second-order valence-corrected chi connectivity index (χ2v) is 4.75. The zero-order valence-electron chi connectivity index (χ0n) is 11.1. The van der Waals surface area contributed by atoms with E-state index < -0.39 is 11.5 Å². The summed E-state index contributed by atoms with van der Waals surface area (Å²) in [7, 11) is 1.68. The van der Waals surface area contributed by atoms with Crippen LogP contribution in [0.3, 0.4) is 0 Å². The van der Waals surface area contributed by atoms with Crippen LogP contribution in [-0.4, -0.2) is 54.4 Å². The first-order valence-corrected chi connectivity index (χ1v) is 6.32. The summed E-state index contributed by atoms with van der Waals surface area (Å²) in [6.07, 6.45) is 2.45. The summed E-state index contributed by atoms with van der Waals surface area (Å²) in [4.78, 5) is 24.2. The molecule has 1 rings (SSSR count). The lowest BCUT2D eigenvalue weighted by molar-refractivity contribution is -0.139. The summed E-state index contributed by atoms with van der Waals surface area (Å²) in [5.74, 6) is -0.869. The van der Waals surface area contributed by atoms with Gasteiger partial charge in [-0.25, -0.2) is 4.79 Å². The molecule has 1 aliphatic rings. The number of nitrogens with zero attached hydrogens (tertiary/aromatic N) is 1. The molecule has 0 heterocycles. The van der Waals surface area contributed by atoms with Crippen molar-refractivity contribution < 1.29 is 19.4 Å². The van der Waals surface area contributed by atoms with Gasteiger partial charge in [-0.1, -0.05) is 0 Å². The molecule has 0 aromatic rings. The van der Waals surface area contributed by atoms with Crippen LogP contribution in [0.4, 0.5) is 4.79 Å². The van der Waals surface area contributed by atoms with Crippen molar-refractivity contribution in [1.29, 1.82) is 0 Å². The van der Waals surface area contributed by atoms with Crippen molar-refractivity contribution in [3.05, 3.63) is 0 Å². The molecule has 18 heavy (non-hydrogen) atoms. The molecule has 0 bridgehead atoms. The summed E-state index contributed by atoms with van der Waals surface area (Å²) in [6.45, 7) is 3.52. The van der Waals surface area contributed by atoms with Crippen LogP contribution in [0.5, 0.6) is 0 Å². The van der Waals surface area contributed by atoms with Gasteiger partial charge in [0.2, 0.25) is 0 Å². The van der Waals surface area contributed by atoms with Crippen molar-refractivity contribution in [2.45, 2.75) is 38.1 Å². The Morgan fingerprint density at radius 1 is 1.44 bits per heavy atom. The zero-order valence-corrected chi connectivity index (χ0v) is 11.1. The summed E-state index contributed by atoms with van der Waals surface area (Å²) in [5.41, 5.74) is -0.539. The lowest BCUT2D eigenvalue weighted by Crippen LogP contribution is -2.57. The van der Waals surface area contributed by atoms with Crippen LogP contribution in [-0.2, 0) is 9.53 Å². The number of rotatable bonds is 7. The number of likely N-dealkylation sites (N-methyl/N-ethyl adjacent to an activating group) is 1. The van der Waals surface area contributed by atoms with Crippen molar-refractivity contribution >= 4 is 12.0 Å². The topological polar surface area (TPSA) is 78.9 Å². The maximum Gasteiger partial charge on any atom is 0.317 e. The van der Waals surface area contributed by atoms with Gasteiger partial charge < -0.3 is 20.1 Å². The van der Waals surface area contributed by atoms with E-state index in [1.165, 1.54) is 4.90 Å². The molecule has 6 nitrogen and oxygen atoms in total. The van der Waals surface area contributed by atoms with E-state index >= 15 is 0 Å². The number of carbonyl (C=O) groups excluding carboxylic acids is 1. The third kappa shape index (κ3) is 4.18. The smallest absolute Gasteiger partial charge is 0.317 e. The van der Waals surface area contributed by atoms with Gasteiger partial charge in [0.25, 0.3) is 0 Å². The van der Waals surface area contributed by atoms with E-state index in [2.05, 4.69) is 5.32 Å². The fraction of sp³-hybridized carbons (Fsp3) is 0.833. The largest absolute Gasteiger partial charge is 0.481 e. The Balaban J connectivity index is 2.39. The molecule has 0 saturated heterocycles. The number of carbonyl (C=O) groups is 2. The molecule has 1 aliphatic carbocycles. The molecule has 104 valence electrons. The molecule has 0 aromatic heterocycles. The molecule has 2 N–H and O–H groups in total. The highest BCUT2D eigenvalue weighted by Crippen LogP contribution is 2.34. The number of aliphatic carboxylic acids is 1. The minimum Gasteiger partial charge on any atom is -0.481 e. The van der Waals surface area contributed by atoms with E-state index in [1.807, 2.05) is 6.92 Å². The fourth-order valence-electron chi connectivity index (χ4n) is 2.01. The van der Waals surface area contributed by atoms with E-state index in [9.17, 15) is 9.59 Å². The van der Waals surface area contributed by atoms with Crippen LogP contribution < -0.4 is 5.32 Å². The third-order valence-corrected chi connectivity index (χ3v) is 3.29. The summed E-state index contributed by atoms with van der Waals surface area (Å²) < 4.78 is 5.17. The number of amides is 2. The zero-order chi connectivity index (χ0) is 13.6. The lowest BCUT2D eigenvalue weighted by atomic mass is 9.74. The van der Waals surface area contributed by atoms with Crippen molar-refractivity contribution in [1.82, 2.24) is 10.2 Å². The second-order valence-electron chi connectivity index (χ2n) is 4.75. The highest BCUT2D eigenvalue weighted by molar-refractivity contribution is 5.77. The van der Waals surface area contributed by atoms with Crippen LogP contribution in [0.2, 0.25) is 0 Å². The lowest BCUT2D eigenvalue weighted by Gasteiger charge is -2.42. The van der Waals surface area contributed by atoms with Crippen LogP contribution in [0, 0.1) is 0 Å². The SMILES string of the molecule is CCOCCN(C)C(=O)NC1(CC(=O)O)CCC1. The molecule has 6 heteroatoms. The Morgan fingerprint density at radius 3 is 2.56 bits per heavy atom. The van der Waals surface area contributed by atoms with Gasteiger partial charge in [-0.2, -0.15) is 0 Å². The van der Waals surface area contributed by atoms with Gasteiger partial charge in [0.15, 0.2) is 0 Å². The Morgan fingerprint density at radius 2 is 2.11 bits per heavy atom. The molecule has 0 radical (unpaired) electrons. The number of carboxylic acid groups (broad SMARTS) is 1. The Hall–Kier alpha value is -1.30. The van der Waals surface area contributed by atoms with Crippen molar-refractivity contribution in [3.63, 3.8) is 0 Å². The summed E-state index contributed by atoms with van der Waals surface area (Å²) in [6, 6.07) is -0.226. The van der Waals surface area contributed by atoms with Crippen LogP contribution in [0.15, 0.2) is 0 Å². The standard InChI is InChI=1S/C12H22N2O4/c1-3-18-8-7-14(2)11(17)13-12(5-4-6-12)9-10(15)16/h3-9H2,1-2H3,(H,13,17)(H,15,16). The molecule has 1 fully saturated rings. The molecule has 0 aromatic carbocycles. The van der Waals surface area contributed by atoms with Gasteiger partial charge in [-0.15, -0.1) is 0 Å². The van der Waals surface area contributed by atoms with Crippen LogP contribution in [0.1, 0.15) is 32.6 Å². The molecule has 2 amide bonds. The van der Waals surface area contributed by atoms with E-state index in [0.29, 0.717) is 19.8 Å². The number of carboxylic acids is 1. The van der Waals surface area contributed by atoms with Crippen LogP contribution in [0.25, 0.3) is 0 Å². The predicted molar refractivity (Wildman–Crippen MR) is 66.5 cm³/mol. The van der Waals surface area contributed by atoms with E-state index in [4.69, 9.17) is 9.84 Å². The van der Waals surface area contributed by atoms with Crippen LogP contribution >= 0.6 is 0 Å². The van der Waals surface area contributed by atoms with Gasteiger partial charge >= 0.3 is 12.0 Å². The quantitative estimate of drug-likeness (QED) is 0.669. The second kappa shape index (κ2) is 6.58. The highest BCUT2D eigenvalue weighted by atomic mass is 16.5. The van der Waals surface area contributed by atoms with Crippen molar-refractivity contribution in [2.75, 3.05) is 26.8 Å². The predicted octanol–water partition coefficient (Wildman–Crippen LogP) is 1.06. The first-order valence-electron chi connectivity index (χ1n) is 6.32. The van der Waals surface area contributed by atoms with Crippen molar-refractivity contribution in [3.8, 4) is 0 Å². The monoisotopic (exact) mass is 258 g/mol. The fourth-order valence-corrected chi connectivity index (χ4v) is 2.01. The molecule has 0 spiro atoms. The Labute approximate surface area is 107 Å². The molecular weight excluding hydrogens is 236 g/mol. The summed E-state index contributed by atoms with van der Waals surface area (Å²) >= 11 is 0. The number of urea groups is 1. The highest BCUT2D eigenvalue weighted by Gasteiger charge is 2.40. The van der Waals surface area contributed by atoms with Gasteiger partial charge in [0.1, 0.15) is 0 Å². The Bertz CT molecular complexity index is 302. The van der Waals surface area contributed by atoms with Gasteiger partial charge in [-0.3, -0.25) is 4.79 Å². The number of hydrogen-bond donors (Lipinski definition) is 2. The maximum absolute atomic E-state index is 11.9. The minimum atomic E-state index is -0.869. The van der Waals surface area contributed by atoms with Gasteiger partial charge in [0, 0.05) is 20.2 Å². The average molecular weight is 258 g/mol. The summed E-state index contributed by atoms with van der Waals surface area (Å²) in [5, 5.41) is 11.7. The Kier molecular flexibility index (Phi) is 5.40. The molecular formula is C12H22N2O4. The van der Waals surface area contributed by atoms with E-state index in [-0.39, 0.29) is 12.5 Å². The van der Waals surface area contributed by atoms with E-state index in [0.717, 1.165) is 19.3 Å². The number of ether oxygens (including phenoxy) is 1. The molecule has 0 aliphatic heterocycles. The number of hydrogen-bond acceptors (Lipinski definition) is 3. The molecule has 1 saturated carbocycles. The first-order chi connectivity index (χ1) is 8.49. The van der Waals surface area contributed by atoms with Gasteiger partial charge in [0.05, 0.1) is 18.6 Å². The molecule has 0 unspecified atom stereocenters. The first kappa shape index (κ1) is 14.8. The van der Waals surface area contributed by atoms with E-state index in [1.54, 1.807) is 7.05 Å². The third-order valence-electron chi connectivity index (χ3n) is 3.29. The number of nitrogens with one attached hydrogen (secondary N) is 1. The van der Waals surface area contributed by atoms with Crippen molar-refractivity contribution in [2.24, 2.45) is 0 Å². The maximum atomic E-state index is 11.9. The molecule has 0 atom stereocenters. The average Bonchev–Trinajstić information content (AvgIpc) is 2.25. The minimum absolute atomic E-state index is 0.00194. The normalized spacial score (nSPS) is 16.8. The van der Waals surface area contributed by atoms with Gasteiger partial charge in [-0.05, 0) is 26.2 Å².